The van der Waals surface area contributed by atoms with Gasteiger partial charge in [0.1, 0.15) is 12.0 Å². The van der Waals surface area contributed by atoms with E-state index in [9.17, 15) is 15.0 Å². The van der Waals surface area contributed by atoms with Crippen molar-refractivity contribution in [2.24, 2.45) is 5.73 Å². The van der Waals surface area contributed by atoms with E-state index in [2.05, 4.69) is 10.3 Å². The number of carbonyl (C=O) groups is 1. The summed E-state index contributed by atoms with van der Waals surface area (Å²) >= 11 is 0. The highest BCUT2D eigenvalue weighted by Gasteiger charge is 2.25. The van der Waals surface area contributed by atoms with Crippen LogP contribution < -0.4 is 15.8 Å². The highest BCUT2D eigenvalue weighted by Crippen LogP contribution is 2.37. The van der Waals surface area contributed by atoms with E-state index in [-0.39, 0.29) is 12.6 Å². The van der Waals surface area contributed by atoms with Gasteiger partial charge in [-0.3, -0.25) is 10.1 Å². The molecule has 1 unspecified atom stereocenters. The van der Waals surface area contributed by atoms with E-state index >= 15 is 0 Å². The maximum Gasteiger partial charge on any atom is 0.248 e. The van der Waals surface area contributed by atoms with Crippen molar-refractivity contribution in [2.45, 2.75) is 25.1 Å². The number of aliphatic hydroxyl groups excluding tert-OH is 2. The molecular weight excluding hydrogens is 430 g/mol. The summed E-state index contributed by atoms with van der Waals surface area (Å²) in [6, 6.07) is 18.6. The maximum absolute atomic E-state index is 11.6. The van der Waals surface area contributed by atoms with Crippen molar-refractivity contribution in [3.05, 3.63) is 89.1 Å². The van der Waals surface area contributed by atoms with Gasteiger partial charge in [-0.2, -0.15) is 0 Å². The van der Waals surface area contributed by atoms with E-state index < -0.39 is 12.1 Å². The van der Waals surface area contributed by atoms with Crippen molar-refractivity contribution in [1.29, 1.82) is 0 Å². The number of amides is 1. The number of carbonyl (C=O) groups excluding carboxylic acids is 1. The van der Waals surface area contributed by atoms with Gasteiger partial charge in [0.05, 0.1) is 13.2 Å². The summed E-state index contributed by atoms with van der Waals surface area (Å²) in [5.41, 5.74) is 11.3. The number of nitrogens with one attached hydrogen (secondary N) is 2. The molecule has 0 bridgehead atoms. The summed E-state index contributed by atoms with van der Waals surface area (Å²) in [6.07, 6.45) is 2.17. The number of rotatable bonds is 8. The molecule has 1 aliphatic rings. The molecule has 1 amide bonds. The summed E-state index contributed by atoms with van der Waals surface area (Å²) < 4.78 is 5.84. The fourth-order valence-corrected chi connectivity index (χ4v) is 4.62. The van der Waals surface area contributed by atoms with Crippen LogP contribution in [0.4, 0.5) is 0 Å². The molecule has 5 rings (SSSR count). The van der Waals surface area contributed by atoms with Gasteiger partial charge in [-0.1, -0.05) is 30.3 Å². The number of H-pyrrole nitrogens is 1. The number of aromatic nitrogens is 1. The van der Waals surface area contributed by atoms with Crippen LogP contribution in [0, 0.1) is 0 Å². The van der Waals surface area contributed by atoms with Crippen LogP contribution in [0.1, 0.15) is 33.3 Å². The van der Waals surface area contributed by atoms with Gasteiger partial charge in [-0.15, -0.1) is 0 Å². The second kappa shape index (κ2) is 9.30. The molecule has 2 atom stereocenters. The Morgan fingerprint density at radius 3 is 2.79 bits per heavy atom. The summed E-state index contributed by atoms with van der Waals surface area (Å²) in [5, 5.41) is 25.5. The number of ether oxygens (including phenoxy) is 1. The fraction of sp³-hybridized carbons (Fsp3) is 0.222. The van der Waals surface area contributed by atoms with E-state index in [1.54, 1.807) is 18.2 Å². The lowest BCUT2D eigenvalue weighted by atomic mass is 9.96. The maximum atomic E-state index is 11.6. The first-order chi connectivity index (χ1) is 16.5. The number of para-hydroxylation sites is 1. The van der Waals surface area contributed by atoms with Crippen LogP contribution in [0.5, 0.6) is 5.75 Å². The zero-order valence-corrected chi connectivity index (χ0v) is 18.6. The number of hydrogen-bond acceptors (Lipinski definition) is 5. The third-order valence-corrected chi connectivity index (χ3v) is 6.34. The number of fused-ring (bicyclic) bond motifs is 2. The van der Waals surface area contributed by atoms with Gasteiger partial charge in [0.15, 0.2) is 0 Å². The van der Waals surface area contributed by atoms with Gasteiger partial charge in [0, 0.05) is 40.7 Å². The smallest absolute Gasteiger partial charge is 0.248 e. The van der Waals surface area contributed by atoms with Gasteiger partial charge in [-0.25, -0.2) is 0 Å². The minimum atomic E-state index is -1.05. The van der Waals surface area contributed by atoms with E-state index in [0.29, 0.717) is 29.9 Å². The normalized spacial score (nSPS) is 14.5. The standard InChI is InChI=1S/C27H27N3O4/c28-26(32)18-5-3-4-16(10-18)19-11-17-8-9-34-25(17)23(13-19)27(33)30-21(15-31)12-20-14-29-24-7-2-1-6-22(20)24/h1-7,10-11,13-14,21,27,29-31,33H,8-9,12,15H2,(H2,28,32)/t21-,27?/m1/s1. The Morgan fingerprint density at radius 1 is 1.12 bits per heavy atom. The Kier molecular flexibility index (Phi) is 6.06. The molecule has 0 fully saturated rings. The summed E-state index contributed by atoms with van der Waals surface area (Å²) in [4.78, 5) is 14.9. The summed E-state index contributed by atoms with van der Waals surface area (Å²) in [6.45, 7) is 0.401. The lowest BCUT2D eigenvalue weighted by Gasteiger charge is -2.23. The van der Waals surface area contributed by atoms with E-state index in [1.807, 2.05) is 48.7 Å². The van der Waals surface area contributed by atoms with Crippen molar-refractivity contribution in [3.63, 3.8) is 0 Å². The number of aliphatic hydroxyl groups is 2. The van der Waals surface area contributed by atoms with Crippen LogP contribution in [0.25, 0.3) is 22.0 Å². The molecule has 0 radical (unpaired) electrons. The number of benzene rings is 3. The SMILES string of the molecule is NC(=O)c1cccc(-c2cc3c(c(C(O)N[C@@H](CO)Cc4c[nH]c5ccccc45)c2)OCC3)c1. The molecule has 7 nitrogen and oxygen atoms in total. The zero-order valence-electron chi connectivity index (χ0n) is 18.6. The number of aromatic amines is 1. The molecule has 34 heavy (non-hydrogen) atoms. The van der Waals surface area contributed by atoms with E-state index in [4.69, 9.17) is 10.5 Å². The topological polar surface area (TPSA) is 121 Å². The molecular formula is C27H27N3O4. The van der Waals surface area contributed by atoms with Crippen molar-refractivity contribution in [3.8, 4) is 16.9 Å². The quantitative estimate of drug-likeness (QED) is 0.261. The van der Waals surface area contributed by atoms with Crippen molar-refractivity contribution >= 4 is 16.8 Å². The second-order valence-electron chi connectivity index (χ2n) is 8.61. The van der Waals surface area contributed by atoms with Crippen LogP contribution in [0.2, 0.25) is 0 Å². The molecule has 7 heteroatoms. The third-order valence-electron chi connectivity index (χ3n) is 6.34. The van der Waals surface area contributed by atoms with Crippen molar-refractivity contribution in [2.75, 3.05) is 13.2 Å². The fourth-order valence-electron chi connectivity index (χ4n) is 4.62. The minimum Gasteiger partial charge on any atom is -0.493 e. The average Bonchev–Trinajstić information content (AvgIpc) is 3.50. The van der Waals surface area contributed by atoms with Crippen molar-refractivity contribution in [1.82, 2.24) is 10.3 Å². The molecule has 4 aromatic rings. The van der Waals surface area contributed by atoms with E-state index in [0.717, 1.165) is 39.6 Å². The second-order valence-corrected chi connectivity index (χ2v) is 8.61. The lowest BCUT2D eigenvalue weighted by Crippen LogP contribution is -2.37. The molecule has 2 heterocycles. The Bertz CT molecular complexity index is 1350. The molecule has 0 spiro atoms. The van der Waals surface area contributed by atoms with Crippen LogP contribution in [0.3, 0.4) is 0 Å². The van der Waals surface area contributed by atoms with Crippen LogP contribution in [0.15, 0.2) is 66.9 Å². The Labute approximate surface area is 197 Å². The Hall–Kier alpha value is -3.65. The molecule has 0 saturated heterocycles. The van der Waals surface area contributed by atoms with Gasteiger partial charge < -0.3 is 25.7 Å². The zero-order chi connectivity index (χ0) is 23.7. The predicted molar refractivity (Wildman–Crippen MR) is 131 cm³/mol. The molecule has 6 N–H and O–H groups in total. The monoisotopic (exact) mass is 457 g/mol. The van der Waals surface area contributed by atoms with Crippen LogP contribution in [-0.2, 0) is 12.8 Å². The molecule has 0 aliphatic carbocycles. The minimum absolute atomic E-state index is 0.139. The van der Waals surface area contributed by atoms with Crippen LogP contribution >= 0.6 is 0 Å². The first-order valence-corrected chi connectivity index (χ1v) is 11.3. The number of hydrogen-bond donors (Lipinski definition) is 5. The summed E-state index contributed by atoms with van der Waals surface area (Å²) in [7, 11) is 0. The average molecular weight is 458 g/mol. The highest BCUT2D eigenvalue weighted by molar-refractivity contribution is 5.94. The number of nitrogens with two attached hydrogens (primary N) is 1. The molecule has 0 saturated carbocycles. The van der Waals surface area contributed by atoms with Gasteiger partial charge in [0.25, 0.3) is 0 Å². The van der Waals surface area contributed by atoms with Gasteiger partial charge in [-0.05, 0) is 59.0 Å². The molecule has 174 valence electrons. The first kappa shape index (κ1) is 22.2. The van der Waals surface area contributed by atoms with Crippen LogP contribution in [-0.4, -0.2) is 40.4 Å². The van der Waals surface area contributed by atoms with Gasteiger partial charge >= 0.3 is 0 Å². The highest BCUT2D eigenvalue weighted by atomic mass is 16.5. The third kappa shape index (κ3) is 4.28. The van der Waals surface area contributed by atoms with Crippen molar-refractivity contribution < 1.29 is 19.7 Å². The predicted octanol–water partition coefficient (Wildman–Crippen LogP) is 3.05. The summed E-state index contributed by atoms with van der Waals surface area (Å²) in [5.74, 6) is 0.176. The Balaban J connectivity index is 1.43. The molecule has 1 aromatic heterocycles. The molecule has 3 aromatic carbocycles. The first-order valence-electron chi connectivity index (χ1n) is 11.3. The Morgan fingerprint density at radius 2 is 1.97 bits per heavy atom. The number of primary amides is 1. The lowest BCUT2D eigenvalue weighted by molar-refractivity contribution is 0.0999. The molecule has 1 aliphatic heterocycles. The largest absolute Gasteiger partial charge is 0.493 e. The van der Waals surface area contributed by atoms with Gasteiger partial charge in [0.2, 0.25) is 5.91 Å². The van der Waals surface area contributed by atoms with E-state index in [1.165, 1.54) is 0 Å².